The molecule has 0 unspecified atom stereocenters. The van der Waals surface area contributed by atoms with Crippen molar-refractivity contribution in [2.75, 3.05) is 26.1 Å². The monoisotopic (exact) mass is 412 g/mol. The summed E-state index contributed by atoms with van der Waals surface area (Å²) in [5.74, 6) is 2.12. The highest BCUT2D eigenvalue weighted by atomic mass is 32.1. The molecule has 0 fully saturated rings. The fourth-order valence-corrected chi connectivity index (χ4v) is 3.63. The van der Waals surface area contributed by atoms with E-state index in [0.29, 0.717) is 36.1 Å². The van der Waals surface area contributed by atoms with Crippen LogP contribution in [0.2, 0.25) is 0 Å². The molecule has 1 amide bonds. The maximum atomic E-state index is 12.4. The van der Waals surface area contributed by atoms with E-state index in [4.69, 9.17) is 14.2 Å². The number of aromatic nitrogens is 1. The molecule has 0 atom stereocenters. The highest BCUT2D eigenvalue weighted by molar-refractivity contribution is 7.14. The van der Waals surface area contributed by atoms with E-state index in [1.807, 2.05) is 54.8 Å². The third-order valence-corrected chi connectivity index (χ3v) is 5.09. The largest absolute Gasteiger partial charge is 0.497 e. The molecule has 0 spiro atoms. The van der Waals surface area contributed by atoms with Gasteiger partial charge in [0.2, 0.25) is 5.91 Å². The summed E-state index contributed by atoms with van der Waals surface area (Å²) in [6.45, 7) is 2.54. The molecule has 0 saturated carbocycles. The maximum Gasteiger partial charge on any atom is 0.226 e. The second-order valence-electron chi connectivity index (χ2n) is 6.19. The van der Waals surface area contributed by atoms with E-state index in [0.717, 1.165) is 22.6 Å². The van der Waals surface area contributed by atoms with Gasteiger partial charge in [-0.15, -0.1) is 11.3 Å². The van der Waals surface area contributed by atoms with Crippen LogP contribution in [0.1, 0.15) is 18.9 Å². The van der Waals surface area contributed by atoms with Crippen molar-refractivity contribution in [2.45, 2.75) is 19.8 Å². The van der Waals surface area contributed by atoms with Crippen LogP contribution in [0.5, 0.6) is 17.2 Å². The average molecular weight is 413 g/mol. The average Bonchev–Trinajstić information content (AvgIpc) is 3.21. The maximum absolute atomic E-state index is 12.4. The van der Waals surface area contributed by atoms with Crippen molar-refractivity contribution in [1.29, 1.82) is 0 Å². The number of amides is 1. The van der Waals surface area contributed by atoms with Gasteiger partial charge in [-0.1, -0.05) is 18.2 Å². The third kappa shape index (κ3) is 5.26. The molecule has 0 bridgehead atoms. The molecule has 29 heavy (non-hydrogen) atoms. The molecule has 7 heteroatoms. The Kier molecular flexibility index (Phi) is 7.08. The molecule has 0 aliphatic carbocycles. The van der Waals surface area contributed by atoms with Crippen molar-refractivity contribution in [3.8, 4) is 28.5 Å². The van der Waals surface area contributed by atoms with Gasteiger partial charge in [0.1, 0.15) is 17.2 Å². The summed E-state index contributed by atoms with van der Waals surface area (Å²) in [4.78, 5) is 16.9. The van der Waals surface area contributed by atoms with Gasteiger partial charge < -0.3 is 19.5 Å². The number of methoxy groups -OCH3 is 2. The highest BCUT2D eigenvalue weighted by Crippen LogP contribution is 2.34. The van der Waals surface area contributed by atoms with Crippen LogP contribution >= 0.6 is 11.3 Å². The number of nitrogens with one attached hydrogen (secondary N) is 1. The lowest BCUT2D eigenvalue weighted by molar-refractivity contribution is -0.116. The van der Waals surface area contributed by atoms with Crippen molar-refractivity contribution in [2.24, 2.45) is 0 Å². The standard InChI is InChI=1S/C22H24N2O4S/c1-4-28-19-8-6-5-7-15(19)9-12-21(25)24-22-23-18(14-29-22)17-11-10-16(26-2)13-20(17)27-3/h5-8,10-11,13-14H,4,9,12H2,1-3H3,(H,23,24,25). The first kappa shape index (κ1) is 20.7. The zero-order valence-corrected chi connectivity index (χ0v) is 17.5. The van der Waals surface area contributed by atoms with Crippen molar-refractivity contribution in [3.63, 3.8) is 0 Å². The van der Waals surface area contributed by atoms with Crippen molar-refractivity contribution in [1.82, 2.24) is 4.98 Å². The molecule has 0 aliphatic rings. The minimum atomic E-state index is -0.0844. The Labute approximate surface area is 174 Å². The number of hydrogen-bond donors (Lipinski definition) is 1. The molecule has 0 saturated heterocycles. The summed E-state index contributed by atoms with van der Waals surface area (Å²) in [7, 11) is 3.21. The normalized spacial score (nSPS) is 10.4. The van der Waals surface area contributed by atoms with E-state index >= 15 is 0 Å². The topological polar surface area (TPSA) is 69.7 Å². The first-order valence-corrected chi connectivity index (χ1v) is 10.2. The number of carbonyl (C=O) groups is 1. The Balaban J connectivity index is 1.64. The Hall–Kier alpha value is -3.06. The number of para-hydroxylation sites is 1. The summed E-state index contributed by atoms with van der Waals surface area (Å²) in [5, 5.41) is 5.33. The van der Waals surface area contributed by atoms with Crippen molar-refractivity contribution < 1.29 is 19.0 Å². The molecule has 3 rings (SSSR count). The summed E-state index contributed by atoms with van der Waals surface area (Å²) in [6.07, 6.45) is 0.956. The van der Waals surface area contributed by atoms with Gasteiger partial charge in [-0.3, -0.25) is 4.79 Å². The fourth-order valence-electron chi connectivity index (χ4n) is 2.90. The van der Waals surface area contributed by atoms with E-state index < -0.39 is 0 Å². The van der Waals surface area contributed by atoms with E-state index in [-0.39, 0.29) is 5.91 Å². The number of aryl methyl sites for hydroxylation is 1. The Morgan fingerprint density at radius 2 is 1.93 bits per heavy atom. The lowest BCUT2D eigenvalue weighted by Gasteiger charge is -2.09. The molecule has 1 heterocycles. The number of hydrogen-bond acceptors (Lipinski definition) is 6. The van der Waals surface area contributed by atoms with Crippen LogP contribution in [0.4, 0.5) is 5.13 Å². The zero-order chi connectivity index (χ0) is 20.6. The lowest BCUT2D eigenvalue weighted by Crippen LogP contribution is -2.12. The number of rotatable bonds is 9. The number of thiazole rings is 1. The number of anilines is 1. The van der Waals surface area contributed by atoms with Gasteiger partial charge >= 0.3 is 0 Å². The number of benzene rings is 2. The van der Waals surface area contributed by atoms with Gasteiger partial charge in [0.25, 0.3) is 0 Å². The number of carbonyl (C=O) groups excluding carboxylic acids is 1. The van der Waals surface area contributed by atoms with Crippen LogP contribution < -0.4 is 19.5 Å². The van der Waals surface area contributed by atoms with E-state index in [1.54, 1.807) is 14.2 Å². The van der Waals surface area contributed by atoms with Gasteiger partial charge in [0.15, 0.2) is 5.13 Å². The van der Waals surface area contributed by atoms with Crippen LogP contribution in [0, 0.1) is 0 Å². The van der Waals surface area contributed by atoms with Gasteiger partial charge in [0, 0.05) is 23.4 Å². The third-order valence-electron chi connectivity index (χ3n) is 4.33. The van der Waals surface area contributed by atoms with Crippen LogP contribution in [-0.4, -0.2) is 31.7 Å². The van der Waals surface area contributed by atoms with Gasteiger partial charge in [-0.25, -0.2) is 4.98 Å². The predicted octanol–water partition coefficient (Wildman–Crippen LogP) is 4.80. The molecule has 1 N–H and O–H groups in total. The summed E-state index contributed by atoms with van der Waals surface area (Å²) >= 11 is 1.38. The fraction of sp³-hybridized carbons (Fsp3) is 0.273. The number of ether oxygens (including phenoxy) is 3. The highest BCUT2D eigenvalue weighted by Gasteiger charge is 2.13. The van der Waals surface area contributed by atoms with Crippen LogP contribution in [0.25, 0.3) is 11.3 Å². The Morgan fingerprint density at radius 3 is 2.69 bits per heavy atom. The quantitative estimate of drug-likeness (QED) is 0.547. The van der Waals surface area contributed by atoms with E-state index in [2.05, 4.69) is 10.3 Å². The van der Waals surface area contributed by atoms with Crippen molar-refractivity contribution >= 4 is 22.4 Å². The zero-order valence-electron chi connectivity index (χ0n) is 16.7. The first-order valence-electron chi connectivity index (χ1n) is 9.33. The molecule has 6 nitrogen and oxygen atoms in total. The molecule has 152 valence electrons. The van der Waals surface area contributed by atoms with Gasteiger partial charge in [-0.2, -0.15) is 0 Å². The van der Waals surface area contributed by atoms with Crippen molar-refractivity contribution in [3.05, 3.63) is 53.4 Å². The Morgan fingerprint density at radius 1 is 1.10 bits per heavy atom. The minimum Gasteiger partial charge on any atom is -0.497 e. The van der Waals surface area contributed by atoms with E-state index in [1.165, 1.54) is 11.3 Å². The smallest absolute Gasteiger partial charge is 0.226 e. The molecule has 3 aromatic rings. The number of nitrogens with zero attached hydrogens (tertiary/aromatic N) is 1. The first-order chi connectivity index (χ1) is 14.1. The molecular formula is C22H24N2O4S. The second-order valence-corrected chi connectivity index (χ2v) is 7.05. The van der Waals surface area contributed by atoms with Gasteiger partial charge in [0.05, 0.1) is 26.5 Å². The second kappa shape index (κ2) is 9.93. The van der Waals surface area contributed by atoms with Crippen LogP contribution in [0.3, 0.4) is 0 Å². The molecule has 1 aromatic heterocycles. The summed E-state index contributed by atoms with van der Waals surface area (Å²) in [6, 6.07) is 13.3. The van der Waals surface area contributed by atoms with Crippen LogP contribution in [0.15, 0.2) is 47.8 Å². The minimum absolute atomic E-state index is 0.0844. The van der Waals surface area contributed by atoms with Crippen LogP contribution in [-0.2, 0) is 11.2 Å². The molecule has 0 radical (unpaired) electrons. The summed E-state index contributed by atoms with van der Waals surface area (Å²) < 4.78 is 16.3. The summed E-state index contributed by atoms with van der Waals surface area (Å²) in [5.41, 5.74) is 2.61. The van der Waals surface area contributed by atoms with E-state index in [9.17, 15) is 4.79 Å². The predicted molar refractivity (Wildman–Crippen MR) is 115 cm³/mol. The van der Waals surface area contributed by atoms with Gasteiger partial charge in [-0.05, 0) is 37.1 Å². The molecule has 0 aliphatic heterocycles. The Bertz CT molecular complexity index is 971. The molecular weight excluding hydrogens is 388 g/mol. The SMILES string of the molecule is CCOc1ccccc1CCC(=O)Nc1nc(-c2ccc(OC)cc2OC)cs1. The molecule has 2 aromatic carbocycles. The lowest BCUT2D eigenvalue weighted by atomic mass is 10.1.